The van der Waals surface area contributed by atoms with E-state index in [0.717, 1.165) is 66.4 Å². The molecule has 0 unspecified atom stereocenters. The number of H-pyrrole nitrogens is 1. The Hall–Kier alpha value is -2.72. The fraction of sp³-hybridized carbons (Fsp3) is 0.545. The van der Waals surface area contributed by atoms with Gasteiger partial charge in [0, 0.05) is 42.8 Å². The van der Waals surface area contributed by atoms with Gasteiger partial charge in [-0.1, -0.05) is 36.8 Å². The lowest BCUT2D eigenvalue weighted by atomic mass is 9.88. The molecule has 226 valence electrons. The Kier molecular flexibility index (Phi) is 9.00. The van der Waals surface area contributed by atoms with Gasteiger partial charge in [-0.15, -0.1) is 0 Å². The minimum Gasteiger partial charge on any atom is -0.369 e. The number of carbonyl (C=O) groups excluding carboxylic acids is 1. The first-order valence-corrected chi connectivity index (χ1v) is 17.4. The van der Waals surface area contributed by atoms with E-state index in [1.165, 1.54) is 37.9 Å². The van der Waals surface area contributed by atoms with Crippen LogP contribution in [0.25, 0.3) is 22.0 Å². The maximum Gasteiger partial charge on any atom is 0.221 e. The molecule has 6 rings (SSSR count). The number of aromatic nitrogens is 1. The van der Waals surface area contributed by atoms with Crippen LogP contribution in [-0.2, 0) is 21.2 Å². The van der Waals surface area contributed by atoms with Crippen molar-refractivity contribution in [2.45, 2.75) is 63.3 Å². The van der Waals surface area contributed by atoms with Gasteiger partial charge in [-0.2, -0.15) is 0 Å². The number of piperidine rings is 3. The Labute approximate surface area is 250 Å². The van der Waals surface area contributed by atoms with Gasteiger partial charge < -0.3 is 20.5 Å². The highest BCUT2D eigenvalue weighted by molar-refractivity contribution is 7.89. The Balaban J connectivity index is 1.08. The normalized spacial score (nSPS) is 20.8. The molecule has 3 N–H and O–H groups in total. The molecule has 9 heteroatoms. The van der Waals surface area contributed by atoms with E-state index in [4.69, 9.17) is 5.73 Å². The van der Waals surface area contributed by atoms with Crippen LogP contribution >= 0.6 is 0 Å². The summed E-state index contributed by atoms with van der Waals surface area (Å²) >= 11 is 0. The summed E-state index contributed by atoms with van der Waals surface area (Å²) in [6.07, 6.45) is 10.1. The number of hydrogen-bond donors (Lipinski definition) is 2. The quantitative estimate of drug-likeness (QED) is 0.386. The zero-order chi connectivity index (χ0) is 29.1. The van der Waals surface area contributed by atoms with E-state index in [9.17, 15) is 13.2 Å². The molecule has 42 heavy (non-hydrogen) atoms. The van der Waals surface area contributed by atoms with Crippen molar-refractivity contribution in [1.82, 2.24) is 19.1 Å². The van der Waals surface area contributed by atoms with Crippen LogP contribution in [0.5, 0.6) is 0 Å². The van der Waals surface area contributed by atoms with Gasteiger partial charge in [0.05, 0.1) is 12.2 Å². The second-order valence-corrected chi connectivity index (χ2v) is 14.6. The van der Waals surface area contributed by atoms with Crippen molar-refractivity contribution < 1.29 is 13.2 Å². The van der Waals surface area contributed by atoms with Gasteiger partial charge in [0.2, 0.25) is 15.9 Å². The molecule has 0 atom stereocenters. The summed E-state index contributed by atoms with van der Waals surface area (Å²) in [5.74, 6) is 0.102. The lowest BCUT2D eigenvalue weighted by molar-refractivity contribution is -0.117. The largest absolute Gasteiger partial charge is 0.369 e. The summed E-state index contributed by atoms with van der Waals surface area (Å²) in [4.78, 5) is 20.3. The number of sulfonamides is 1. The third-order valence-electron chi connectivity index (χ3n) is 9.79. The highest BCUT2D eigenvalue weighted by Gasteiger charge is 2.31. The van der Waals surface area contributed by atoms with E-state index in [1.54, 1.807) is 4.31 Å². The zero-order valence-electron chi connectivity index (χ0n) is 24.6. The highest BCUT2D eigenvalue weighted by atomic mass is 32.2. The fourth-order valence-corrected chi connectivity index (χ4v) is 8.91. The summed E-state index contributed by atoms with van der Waals surface area (Å²) in [7, 11) is -3.29. The summed E-state index contributed by atoms with van der Waals surface area (Å²) in [6, 6.07) is 15.1. The van der Waals surface area contributed by atoms with Gasteiger partial charge in [0.15, 0.2) is 0 Å². The molecular formula is C33H45N5O3S. The molecule has 1 aromatic heterocycles. The molecule has 0 saturated carbocycles. The van der Waals surface area contributed by atoms with Gasteiger partial charge in [0.25, 0.3) is 0 Å². The Morgan fingerprint density at radius 3 is 2.29 bits per heavy atom. The van der Waals surface area contributed by atoms with Crippen molar-refractivity contribution in [2.24, 2.45) is 5.73 Å². The minimum atomic E-state index is -3.29. The Bertz CT molecular complexity index is 1470. The van der Waals surface area contributed by atoms with Crippen LogP contribution in [0.3, 0.4) is 0 Å². The fourth-order valence-electron chi connectivity index (χ4n) is 7.40. The highest BCUT2D eigenvalue weighted by Crippen LogP contribution is 2.37. The second kappa shape index (κ2) is 12.9. The Morgan fingerprint density at radius 2 is 1.60 bits per heavy atom. The summed E-state index contributed by atoms with van der Waals surface area (Å²) in [5.41, 5.74) is 10.8. The zero-order valence-corrected chi connectivity index (χ0v) is 25.5. The maximum atomic E-state index is 13.3. The number of nitrogens with zero attached hydrogens (tertiary/aromatic N) is 3. The molecule has 1 amide bonds. The van der Waals surface area contributed by atoms with Crippen molar-refractivity contribution in [3.63, 3.8) is 0 Å². The van der Waals surface area contributed by atoms with Crippen molar-refractivity contribution >= 4 is 26.8 Å². The number of benzene rings is 2. The Morgan fingerprint density at radius 1 is 0.881 bits per heavy atom. The third kappa shape index (κ3) is 6.59. The molecule has 4 heterocycles. The first kappa shape index (κ1) is 29.4. The molecule has 0 bridgehead atoms. The summed E-state index contributed by atoms with van der Waals surface area (Å²) in [5, 5.41) is 1.10. The van der Waals surface area contributed by atoms with E-state index < -0.39 is 10.0 Å². The molecule has 3 aliphatic heterocycles. The van der Waals surface area contributed by atoms with Gasteiger partial charge in [0.1, 0.15) is 0 Å². The first-order chi connectivity index (χ1) is 20.4. The maximum absolute atomic E-state index is 13.3. The SMILES string of the molecule is NC(=O)Cc1cc(-c2ccccc2)cc2c(C3CCN(S(=O)(=O)CCN4CCC(N5CCCCC5)CC4)CC3)c[nH]c12. The lowest BCUT2D eigenvalue weighted by Crippen LogP contribution is -2.48. The number of fused-ring (bicyclic) bond motifs is 1. The molecule has 0 spiro atoms. The molecular weight excluding hydrogens is 546 g/mol. The topological polar surface area (TPSA) is 103 Å². The van der Waals surface area contributed by atoms with Crippen LogP contribution in [0.15, 0.2) is 48.7 Å². The van der Waals surface area contributed by atoms with Crippen LogP contribution in [0.1, 0.15) is 62.0 Å². The predicted molar refractivity (Wildman–Crippen MR) is 169 cm³/mol. The number of rotatable bonds is 9. The van der Waals surface area contributed by atoms with E-state index in [2.05, 4.69) is 33.0 Å². The van der Waals surface area contributed by atoms with E-state index >= 15 is 0 Å². The van der Waals surface area contributed by atoms with Crippen LogP contribution < -0.4 is 5.73 Å². The number of aromatic amines is 1. The van der Waals surface area contributed by atoms with Gasteiger partial charge >= 0.3 is 0 Å². The predicted octanol–water partition coefficient (Wildman–Crippen LogP) is 4.32. The van der Waals surface area contributed by atoms with Gasteiger partial charge in [-0.05, 0) is 105 Å². The van der Waals surface area contributed by atoms with Gasteiger partial charge in [-0.25, -0.2) is 12.7 Å². The minimum absolute atomic E-state index is 0.170. The first-order valence-electron chi connectivity index (χ1n) is 15.8. The van der Waals surface area contributed by atoms with E-state index in [0.29, 0.717) is 25.7 Å². The molecule has 3 saturated heterocycles. The number of primary amides is 1. The monoisotopic (exact) mass is 591 g/mol. The van der Waals surface area contributed by atoms with Crippen LogP contribution in [-0.4, -0.2) is 91.0 Å². The van der Waals surface area contributed by atoms with Crippen molar-refractivity contribution in [1.29, 1.82) is 0 Å². The smallest absolute Gasteiger partial charge is 0.221 e. The second-order valence-electron chi connectivity index (χ2n) is 12.5. The van der Waals surface area contributed by atoms with Crippen LogP contribution in [0.2, 0.25) is 0 Å². The number of nitrogens with one attached hydrogen (secondary N) is 1. The molecule has 3 aliphatic rings. The molecule has 3 fully saturated rings. The molecule has 2 aromatic carbocycles. The van der Waals surface area contributed by atoms with Crippen molar-refractivity contribution in [3.05, 3.63) is 59.8 Å². The van der Waals surface area contributed by atoms with E-state index in [-0.39, 0.29) is 24.0 Å². The van der Waals surface area contributed by atoms with Crippen molar-refractivity contribution in [2.75, 3.05) is 51.6 Å². The number of carbonyl (C=O) groups is 1. The molecule has 8 nitrogen and oxygen atoms in total. The average Bonchev–Trinajstić information content (AvgIpc) is 3.45. The summed E-state index contributed by atoms with van der Waals surface area (Å²) < 4.78 is 28.4. The number of likely N-dealkylation sites (tertiary alicyclic amines) is 2. The van der Waals surface area contributed by atoms with E-state index in [1.807, 2.05) is 30.5 Å². The number of amides is 1. The molecule has 0 aliphatic carbocycles. The molecule has 0 radical (unpaired) electrons. The van der Waals surface area contributed by atoms with Gasteiger partial charge in [-0.3, -0.25) is 4.79 Å². The number of nitrogens with two attached hydrogens (primary N) is 1. The van der Waals surface area contributed by atoms with Crippen molar-refractivity contribution in [3.8, 4) is 11.1 Å². The molecule has 3 aromatic rings. The lowest BCUT2D eigenvalue weighted by Gasteiger charge is -2.40. The van der Waals surface area contributed by atoms with Crippen LogP contribution in [0.4, 0.5) is 0 Å². The third-order valence-corrected chi connectivity index (χ3v) is 11.6. The van der Waals surface area contributed by atoms with Crippen LogP contribution in [0, 0.1) is 0 Å². The average molecular weight is 592 g/mol. The summed E-state index contributed by atoms with van der Waals surface area (Å²) in [6.45, 7) is 6.19. The standard InChI is InChI=1S/C33H45N5O3S/c34-32(39)23-28-21-27(25-7-3-1-4-8-25)22-30-31(24-35-33(28)30)26-9-17-38(18-10-26)42(40,41)20-19-36-15-11-29(12-16-36)37-13-5-2-6-14-37/h1,3-4,7-8,21-22,24,26,29,35H,2,5-6,9-20,23H2,(H2,34,39). The number of hydrogen-bond acceptors (Lipinski definition) is 5.